The molecule has 0 aromatic heterocycles. The van der Waals surface area contributed by atoms with Crippen molar-refractivity contribution in [1.82, 2.24) is 0 Å². The van der Waals surface area contributed by atoms with E-state index in [4.69, 9.17) is 19.2 Å². The van der Waals surface area contributed by atoms with E-state index in [2.05, 4.69) is 6.07 Å². The summed E-state index contributed by atoms with van der Waals surface area (Å²) in [6.45, 7) is 4.03. The highest BCUT2D eigenvalue weighted by Gasteiger charge is 2.33. The molecule has 0 saturated carbocycles. The standard InChI is InChI=1S/C27H26N2O4/c1-17-11-12-22(18(2)13-17)29-26(20-9-7-6-8-10-20)28-21(27(29)30)14-19-15-23(31-3)25(33-5)24(16-19)32-4/h6-16H,1-5H3/b21-14-. The Morgan fingerprint density at radius 1 is 0.848 bits per heavy atom. The zero-order valence-electron chi connectivity index (χ0n) is 19.4. The molecule has 1 aliphatic heterocycles. The molecule has 33 heavy (non-hydrogen) atoms. The number of anilines is 1. The zero-order chi connectivity index (χ0) is 23.5. The van der Waals surface area contributed by atoms with Crippen LogP contribution in [0.2, 0.25) is 0 Å². The van der Waals surface area contributed by atoms with Crippen LogP contribution in [0, 0.1) is 13.8 Å². The number of aryl methyl sites for hydroxylation is 2. The first-order chi connectivity index (χ1) is 16.0. The summed E-state index contributed by atoms with van der Waals surface area (Å²) < 4.78 is 16.3. The molecule has 3 aromatic rings. The smallest absolute Gasteiger partial charge is 0.282 e. The molecular formula is C27H26N2O4. The first-order valence-corrected chi connectivity index (χ1v) is 10.5. The number of rotatable bonds is 6. The lowest BCUT2D eigenvalue weighted by molar-refractivity contribution is -0.113. The highest BCUT2D eigenvalue weighted by Crippen LogP contribution is 2.39. The molecule has 0 atom stereocenters. The van der Waals surface area contributed by atoms with E-state index in [1.165, 1.54) is 0 Å². The zero-order valence-corrected chi connectivity index (χ0v) is 19.4. The summed E-state index contributed by atoms with van der Waals surface area (Å²) >= 11 is 0. The molecule has 6 nitrogen and oxygen atoms in total. The number of methoxy groups -OCH3 is 3. The second-order valence-electron chi connectivity index (χ2n) is 7.72. The van der Waals surface area contributed by atoms with Crippen LogP contribution in [0.1, 0.15) is 22.3 Å². The Labute approximate surface area is 193 Å². The van der Waals surface area contributed by atoms with Gasteiger partial charge in [0.2, 0.25) is 5.75 Å². The molecule has 6 heteroatoms. The molecule has 0 fully saturated rings. The minimum Gasteiger partial charge on any atom is -0.493 e. The minimum atomic E-state index is -0.199. The van der Waals surface area contributed by atoms with Gasteiger partial charge in [-0.15, -0.1) is 0 Å². The molecule has 0 spiro atoms. The van der Waals surface area contributed by atoms with Crippen LogP contribution in [0.4, 0.5) is 5.69 Å². The molecule has 0 saturated heterocycles. The lowest BCUT2D eigenvalue weighted by Crippen LogP contribution is -2.33. The highest BCUT2D eigenvalue weighted by molar-refractivity contribution is 6.33. The highest BCUT2D eigenvalue weighted by atomic mass is 16.5. The van der Waals surface area contributed by atoms with E-state index in [1.807, 2.05) is 56.3 Å². The molecule has 1 amide bonds. The summed E-state index contributed by atoms with van der Waals surface area (Å²) in [5.41, 5.74) is 4.84. The topological polar surface area (TPSA) is 60.4 Å². The predicted molar refractivity (Wildman–Crippen MR) is 130 cm³/mol. The van der Waals surface area contributed by atoms with Crippen LogP contribution in [0.3, 0.4) is 0 Å². The van der Waals surface area contributed by atoms with Crippen molar-refractivity contribution in [2.24, 2.45) is 4.99 Å². The van der Waals surface area contributed by atoms with Crippen molar-refractivity contribution in [2.75, 3.05) is 26.2 Å². The van der Waals surface area contributed by atoms with E-state index in [0.29, 0.717) is 34.3 Å². The molecular weight excluding hydrogens is 416 g/mol. The average Bonchev–Trinajstić information content (AvgIpc) is 3.14. The fourth-order valence-corrected chi connectivity index (χ4v) is 3.92. The van der Waals surface area contributed by atoms with Gasteiger partial charge in [-0.3, -0.25) is 9.69 Å². The number of benzene rings is 3. The van der Waals surface area contributed by atoms with Crippen LogP contribution < -0.4 is 19.1 Å². The van der Waals surface area contributed by atoms with E-state index in [-0.39, 0.29) is 5.91 Å². The second-order valence-corrected chi connectivity index (χ2v) is 7.72. The first kappa shape index (κ1) is 22.1. The Kier molecular flexibility index (Phi) is 6.18. The Bertz CT molecular complexity index is 1240. The van der Waals surface area contributed by atoms with Crippen LogP contribution >= 0.6 is 0 Å². The summed E-state index contributed by atoms with van der Waals surface area (Å²) in [6.07, 6.45) is 1.74. The third-order valence-electron chi connectivity index (χ3n) is 5.48. The number of amidine groups is 1. The van der Waals surface area contributed by atoms with Crippen LogP contribution in [0.25, 0.3) is 6.08 Å². The summed E-state index contributed by atoms with van der Waals surface area (Å²) in [7, 11) is 4.67. The van der Waals surface area contributed by atoms with Crippen molar-refractivity contribution in [1.29, 1.82) is 0 Å². The molecule has 4 rings (SSSR count). The predicted octanol–water partition coefficient (Wildman–Crippen LogP) is 5.16. The lowest BCUT2D eigenvalue weighted by Gasteiger charge is -2.21. The lowest BCUT2D eigenvalue weighted by atomic mass is 10.1. The van der Waals surface area contributed by atoms with Gasteiger partial charge in [0.25, 0.3) is 5.91 Å². The van der Waals surface area contributed by atoms with Crippen LogP contribution in [-0.2, 0) is 4.79 Å². The summed E-state index contributed by atoms with van der Waals surface area (Å²) in [4.78, 5) is 20.0. The number of carbonyl (C=O) groups excluding carboxylic acids is 1. The second kappa shape index (κ2) is 9.20. The monoisotopic (exact) mass is 442 g/mol. The molecule has 0 bridgehead atoms. The van der Waals surface area contributed by atoms with Gasteiger partial charge in [0.05, 0.1) is 27.0 Å². The third-order valence-corrected chi connectivity index (χ3v) is 5.48. The number of aliphatic imine (C=N–C) groups is 1. The van der Waals surface area contributed by atoms with Crippen molar-refractivity contribution in [3.05, 3.63) is 88.6 Å². The number of carbonyl (C=O) groups is 1. The number of nitrogens with zero attached hydrogens (tertiary/aromatic N) is 2. The Morgan fingerprint density at radius 3 is 2.09 bits per heavy atom. The Hall–Kier alpha value is -4.06. The van der Waals surface area contributed by atoms with Crippen LogP contribution in [0.5, 0.6) is 17.2 Å². The third kappa shape index (κ3) is 4.20. The van der Waals surface area contributed by atoms with Crippen molar-refractivity contribution in [2.45, 2.75) is 13.8 Å². The average molecular weight is 443 g/mol. The van der Waals surface area contributed by atoms with Gasteiger partial charge in [-0.1, -0.05) is 48.0 Å². The van der Waals surface area contributed by atoms with E-state index < -0.39 is 0 Å². The molecule has 0 radical (unpaired) electrons. The summed E-state index contributed by atoms with van der Waals surface area (Å²) in [5, 5.41) is 0. The van der Waals surface area contributed by atoms with E-state index in [0.717, 1.165) is 22.4 Å². The summed E-state index contributed by atoms with van der Waals surface area (Å²) in [6, 6.07) is 19.3. The quantitative estimate of drug-likeness (QED) is 0.495. The molecule has 1 aliphatic rings. The maximum Gasteiger partial charge on any atom is 0.282 e. The summed E-state index contributed by atoms with van der Waals surface area (Å²) in [5.74, 6) is 1.89. The molecule has 0 N–H and O–H groups in total. The van der Waals surface area contributed by atoms with Gasteiger partial charge in [0.1, 0.15) is 11.5 Å². The maximum absolute atomic E-state index is 13.6. The van der Waals surface area contributed by atoms with E-state index in [9.17, 15) is 4.79 Å². The van der Waals surface area contributed by atoms with Gasteiger partial charge in [-0.25, -0.2) is 4.99 Å². The molecule has 1 heterocycles. The first-order valence-electron chi connectivity index (χ1n) is 10.5. The van der Waals surface area contributed by atoms with Gasteiger partial charge in [-0.05, 0) is 49.2 Å². The fourth-order valence-electron chi connectivity index (χ4n) is 3.92. The fraction of sp³-hybridized carbons (Fsp3) is 0.185. The number of ether oxygens (including phenoxy) is 3. The molecule has 0 unspecified atom stereocenters. The van der Waals surface area contributed by atoms with Gasteiger partial charge in [0, 0.05) is 5.56 Å². The number of hydrogen-bond acceptors (Lipinski definition) is 5. The van der Waals surface area contributed by atoms with E-state index >= 15 is 0 Å². The number of hydrogen-bond donors (Lipinski definition) is 0. The Balaban J connectivity index is 1.85. The normalized spacial score (nSPS) is 14.5. The maximum atomic E-state index is 13.6. The molecule has 168 valence electrons. The van der Waals surface area contributed by atoms with Gasteiger partial charge in [0.15, 0.2) is 11.5 Å². The van der Waals surface area contributed by atoms with Gasteiger partial charge < -0.3 is 14.2 Å². The minimum absolute atomic E-state index is 0.199. The molecule has 0 aliphatic carbocycles. The van der Waals surface area contributed by atoms with Crippen molar-refractivity contribution in [3.8, 4) is 17.2 Å². The van der Waals surface area contributed by atoms with Gasteiger partial charge >= 0.3 is 0 Å². The molecule has 3 aromatic carbocycles. The number of amides is 1. The van der Waals surface area contributed by atoms with E-state index in [1.54, 1.807) is 44.4 Å². The SMILES string of the molecule is COc1cc(/C=C2\N=C(c3ccccc3)N(c3ccc(C)cc3C)C2=O)cc(OC)c1OC. The largest absolute Gasteiger partial charge is 0.493 e. The van der Waals surface area contributed by atoms with Crippen LogP contribution in [0.15, 0.2) is 71.4 Å². The van der Waals surface area contributed by atoms with Gasteiger partial charge in [-0.2, -0.15) is 0 Å². The van der Waals surface area contributed by atoms with Crippen molar-refractivity contribution >= 4 is 23.5 Å². The van der Waals surface area contributed by atoms with Crippen molar-refractivity contribution in [3.63, 3.8) is 0 Å². The van der Waals surface area contributed by atoms with Crippen LogP contribution in [-0.4, -0.2) is 33.1 Å². The Morgan fingerprint density at radius 2 is 1.52 bits per heavy atom. The van der Waals surface area contributed by atoms with Crippen molar-refractivity contribution < 1.29 is 19.0 Å².